The van der Waals surface area contributed by atoms with E-state index in [-0.39, 0.29) is 17.1 Å². The lowest BCUT2D eigenvalue weighted by Crippen LogP contribution is -2.55. The van der Waals surface area contributed by atoms with E-state index in [0.717, 1.165) is 0 Å². The third-order valence-corrected chi connectivity index (χ3v) is 2.94. The number of rotatable bonds is 2. The largest absolute Gasteiger partial charge is 0.417 e. The van der Waals surface area contributed by atoms with Crippen LogP contribution < -0.4 is 0 Å². The van der Waals surface area contributed by atoms with E-state index in [1.165, 1.54) is 0 Å². The minimum absolute atomic E-state index is 0.0741. The zero-order valence-electron chi connectivity index (χ0n) is 8.35. The van der Waals surface area contributed by atoms with Gasteiger partial charge in [-0.25, -0.2) is 0 Å². The number of thiol groups is 1. The molecule has 0 aliphatic carbocycles. The number of likely N-dealkylation sites (tertiary alicyclic amines) is 1. The molecule has 0 radical (unpaired) electrons. The number of alkyl halides is 6. The quantitative estimate of drug-likeness (QED) is 0.608. The third kappa shape index (κ3) is 3.20. The smallest absolute Gasteiger partial charge is 0.323 e. The first-order valence-electron chi connectivity index (χ1n) is 4.61. The van der Waals surface area contributed by atoms with Crippen LogP contribution in [0.25, 0.3) is 0 Å². The fourth-order valence-electron chi connectivity index (χ4n) is 1.72. The fraction of sp³-hybridized carbons (Fsp3) is 0.875. The van der Waals surface area contributed by atoms with Crippen molar-refractivity contribution < 1.29 is 31.1 Å². The summed E-state index contributed by atoms with van der Waals surface area (Å²) in [6.07, 6.45) is -11.4. The van der Waals surface area contributed by atoms with Crippen LogP contribution >= 0.6 is 12.6 Å². The predicted octanol–water partition coefficient (Wildman–Crippen LogP) is 2.26. The molecule has 0 spiro atoms. The second-order valence-corrected chi connectivity index (χ2v) is 4.15. The van der Waals surface area contributed by atoms with Crippen LogP contribution in [0.4, 0.5) is 26.3 Å². The molecule has 1 unspecified atom stereocenters. The Morgan fingerprint density at radius 2 is 1.71 bits per heavy atom. The summed E-state index contributed by atoms with van der Waals surface area (Å²) >= 11 is 3.77. The Morgan fingerprint density at radius 3 is 2.00 bits per heavy atom. The zero-order valence-corrected chi connectivity index (χ0v) is 9.24. The molecule has 17 heavy (non-hydrogen) atoms. The Balaban J connectivity index is 2.97. The van der Waals surface area contributed by atoms with Gasteiger partial charge in [-0.3, -0.25) is 4.79 Å². The first-order chi connectivity index (χ1) is 7.57. The summed E-state index contributed by atoms with van der Waals surface area (Å²) in [6.45, 7) is -0.563. The van der Waals surface area contributed by atoms with Gasteiger partial charge in [-0.2, -0.15) is 39.0 Å². The lowest BCUT2D eigenvalue weighted by atomic mass is 10.1. The van der Waals surface area contributed by atoms with Gasteiger partial charge >= 0.3 is 12.4 Å². The highest BCUT2D eigenvalue weighted by molar-refractivity contribution is 7.80. The minimum Gasteiger partial charge on any atom is -0.323 e. The topological polar surface area (TPSA) is 20.3 Å². The summed E-state index contributed by atoms with van der Waals surface area (Å²) in [4.78, 5) is 11.0. The summed E-state index contributed by atoms with van der Waals surface area (Å²) in [5.41, 5.74) is 0. The standard InChI is InChI=1S/C8H9F6NOS/c9-7(10,11)6(8(12,13)14)15-2-4(3-17)1-5(15)16/h4,6,17H,1-3H2. The number of halogens is 6. The van der Waals surface area contributed by atoms with Crippen molar-refractivity contribution >= 4 is 18.5 Å². The number of nitrogens with zero attached hydrogens (tertiary/aromatic N) is 1. The van der Waals surface area contributed by atoms with Gasteiger partial charge in [0.15, 0.2) is 0 Å². The van der Waals surface area contributed by atoms with Gasteiger partial charge in [0.25, 0.3) is 0 Å². The van der Waals surface area contributed by atoms with E-state index in [2.05, 4.69) is 12.6 Å². The van der Waals surface area contributed by atoms with Crippen molar-refractivity contribution in [2.45, 2.75) is 24.8 Å². The van der Waals surface area contributed by atoms with E-state index < -0.39 is 36.8 Å². The fourth-order valence-corrected chi connectivity index (χ4v) is 1.96. The van der Waals surface area contributed by atoms with E-state index >= 15 is 0 Å². The molecule has 0 N–H and O–H groups in total. The first-order valence-corrected chi connectivity index (χ1v) is 5.24. The number of hydrogen-bond acceptors (Lipinski definition) is 2. The Morgan fingerprint density at radius 1 is 1.24 bits per heavy atom. The van der Waals surface area contributed by atoms with Crippen molar-refractivity contribution in [1.82, 2.24) is 4.90 Å². The molecule has 2 nitrogen and oxygen atoms in total. The van der Waals surface area contributed by atoms with Gasteiger partial charge < -0.3 is 4.90 Å². The van der Waals surface area contributed by atoms with Crippen LogP contribution in [0, 0.1) is 5.92 Å². The van der Waals surface area contributed by atoms with Crippen LogP contribution in [0.1, 0.15) is 6.42 Å². The van der Waals surface area contributed by atoms with Gasteiger partial charge in [0.1, 0.15) is 0 Å². The SMILES string of the molecule is O=C1CC(CS)CN1C(C(F)(F)F)C(F)(F)F. The van der Waals surface area contributed by atoms with Crippen molar-refractivity contribution in [2.75, 3.05) is 12.3 Å². The third-order valence-electron chi connectivity index (χ3n) is 2.43. The molecule has 1 atom stereocenters. The highest BCUT2D eigenvalue weighted by atomic mass is 32.1. The predicted molar refractivity (Wildman–Crippen MR) is 49.6 cm³/mol. The molecule has 9 heteroatoms. The summed E-state index contributed by atoms with van der Waals surface area (Å²) in [5, 5.41) is 0. The van der Waals surface area contributed by atoms with Crippen molar-refractivity contribution in [3.8, 4) is 0 Å². The normalized spacial score (nSPS) is 22.7. The number of carbonyl (C=O) groups excluding carboxylic acids is 1. The molecule has 1 amide bonds. The van der Waals surface area contributed by atoms with Gasteiger partial charge in [0.05, 0.1) is 0 Å². The Kier molecular flexibility index (Phi) is 3.90. The molecule has 0 saturated carbocycles. The maximum atomic E-state index is 12.3. The summed E-state index contributed by atoms with van der Waals surface area (Å²) in [6, 6.07) is -3.72. The lowest BCUT2D eigenvalue weighted by Gasteiger charge is -2.31. The molecular weight excluding hydrogens is 272 g/mol. The van der Waals surface area contributed by atoms with Crippen LogP contribution in [0.2, 0.25) is 0 Å². The van der Waals surface area contributed by atoms with Crippen molar-refractivity contribution in [3.05, 3.63) is 0 Å². The maximum absolute atomic E-state index is 12.3. The van der Waals surface area contributed by atoms with E-state index in [9.17, 15) is 31.1 Å². The molecule has 1 aliphatic heterocycles. The van der Waals surface area contributed by atoms with E-state index in [0.29, 0.717) is 0 Å². The highest BCUT2D eigenvalue weighted by Crippen LogP contribution is 2.39. The van der Waals surface area contributed by atoms with Crippen molar-refractivity contribution in [2.24, 2.45) is 5.92 Å². The molecule has 1 aliphatic rings. The van der Waals surface area contributed by atoms with Crippen molar-refractivity contribution in [1.29, 1.82) is 0 Å². The van der Waals surface area contributed by atoms with Gasteiger partial charge in [-0.15, -0.1) is 0 Å². The number of hydrogen-bond donors (Lipinski definition) is 1. The Labute approximate surface area is 98.4 Å². The highest BCUT2D eigenvalue weighted by Gasteiger charge is 2.62. The monoisotopic (exact) mass is 281 g/mol. The van der Waals surface area contributed by atoms with E-state index in [1.54, 1.807) is 0 Å². The van der Waals surface area contributed by atoms with Gasteiger partial charge in [0.2, 0.25) is 11.9 Å². The van der Waals surface area contributed by atoms with Crippen LogP contribution in [0.15, 0.2) is 0 Å². The lowest BCUT2D eigenvalue weighted by molar-refractivity contribution is -0.282. The minimum atomic E-state index is -5.51. The summed E-state index contributed by atoms with van der Waals surface area (Å²) < 4.78 is 74.0. The van der Waals surface area contributed by atoms with Crippen LogP contribution in [-0.4, -0.2) is 41.5 Å². The average Bonchev–Trinajstić information content (AvgIpc) is 2.42. The van der Waals surface area contributed by atoms with Crippen molar-refractivity contribution in [3.63, 3.8) is 0 Å². The first kappa shape index (κ1) is 14.5. The van der Waals surface area contributed by atoms with E-state index in [1.807, 2.05) is 0 Å². The average molecular weight is 281 g/mol. The van der Waals surface area contributed by atoms with Crippen LogP contribution in [-0.2, 0) is 4.79 Å². The molecular formula is C8H9F6NOS. The number of amides is 1. The Bertz CT molecular complexity index is 287. The van der Waals surface area contributed by atoms with Gasteiger partial charge in [-0.05, 0) is 11.7 Å². The summed E-state index contributed by atoms with van der Waals surface area (Å²) in [7, 11) is 0. The maximum Gasteiger partial charge on any atom is 0.417 e. The molecule has 0 aromatic rings. The van der Waals surface area contributed by atoms with Crippen LogP contribution in [0.3, 0.4) is 0 Å². The molecule has 0 aromatic carbocycles. The summed E-state index contributed by atoms with van der Waals surface area (Å²) in [5.74, 6) is -1.63. The molecule has 1 rings (SSSR count). The second kappa shape index (κ2) is 4.58. The second-order valence-electron chi connectivity index (χ2n) is 3.78. The molecule has 1 heterocycles. The molecule has 100 valence electrons. The van der Waals surface area contributed by atoms with Crippen LogP contribution in [0.5, 0.6) is 0 Å². The molecule has 1 fully saturated rings. The molecule has 1 saturated heterocycles. The number of carbonyl (C=O) groups is 1. The van der Waals surface area contributed by atoms with E-state index in [4.69, 9.17) is 0 Å². The van der Waals surface area contributed by atoms with Gasteiger partial charge in [0, 0.05) is 13.0 Å². The zero-order chi connectivity index (χ0) is 13.4. The molecule has 0 bridgehead atoms. The molecule has 0 aromatic heterocycles. The Hall–Kier alpha value is -0.600. The van der Waals surface area contributed by atoms with Gasteiger partial charge in [-0.1, -0.05) is 0 Å².